The molecule has 0 aromatic carbocycles. The molecule has 0 aliphatic rings. The van der Waals surface area contributed by atoms with Crippen LogP contribution in [0, 0.1) is 25.7 Å². The van der Waals surface area contributed by atoms with E-state index in [-0.39, 0.29) is 31.0 Å². The molecule has 4 nitrogen and oxygen atoms in total. The summed E-state index contributed by atoms with van der Waals surface area (Å²) in [5, 5.41) is 7.87. The number of carbonyl (C=O) groups excluding carboxylic acids is 1. The molecule has 1 amide bonds. The van der Waals surface area contributed by atoms with Crippen LogP contribution in [-0.4, -0.2) is 17.0 Å². The third-order valence-electron chi connectivity index (χ3n) is 0.390. The molecule has 0 fully saturated rings. The molecule has 3 N–H and O–H groups in total. The van der Waals surface area contributed by atoms with Crippen LogP contribution < -0.4 is 35.3 Å². The summed E-state index contributed by atoms with van der Waals surface area (Å²) in [6.45, 7) is 15.1. The van der Waals surface area contributed by atoms with Crippen molar-refractivity contribution in [2.75, 3.05) is 0 Å². The standard InChI is InChI=1S/C4H5NO3.3ClH.La.Na.H/c5-3(6)1-2-4(7)8;;;;;;/h1-2H,(H2,5,6)(H,7,8);3*1H;;;/q;;;;+3;+1;-1/p-3/b2-1-;;;;;;. The molecule has 9 heteroatoms. The van der Waals surface area contributed by atoms with Crippen LogP contribution >= 0.6 is 20.4 Å². The first-order valence-electron chi connectivity index (χ1n) is 2.49. The van der Waals surface area contributed by atoms with Crippen molar-refractivity contribution in [3.8, 4) is 0 Å². The third-order valence-corrected chi connectivity index (χ3v) is 0.390. The predicted molar refractivity (Wildman–Crippen MR) is 44.6 cm³/mol. The van der Waals surface area contributed by atoms with E-state index in [1.54, 1.807) is 0 Å². The zero-order chi connectivity index (χ0) is 10.1. The van der Waals surface area contributed by atoms with Crippen LogP contribution in [0.5, 0.6) is 0 Å². The molecule has 0 aromatic heterocycles. The van der Waals surface area contributed by atoms with Gasteiger partial charge in [0.2, 0.25) is 5.91 Å². The number of rotatable bonds is 2. The summed E-state index contributed by atoms with van der Waals surface area (Å²) in [4.78, 5) is 19.4. The van der Waals surface area contributed by atoms with Gasteiger partial charge in [-0.3, -0.25) is 4.79 Å². The van der Waals surface area contributed by atoms with Crippen molar-refractivity contribution in [2.24, 2.45) is 5.73 Å². The molecule has 0 rings (SSSR count). The van der Waals surface area contributed by atoms with E-state index in [9.17, 15) is 9.59 Å². The molecule has 70 valence electrons. The SMILES string of the molecule is NC(=O)/C=C\C(=O)O.[Cl][La]([Cl])[Cl].[H-].[Na+]. The number of carbonyl (C=O) groups is 2. The van der Waals surface area contributed by atoms with E-state index in [1.165, 1.54) is 0 Å². The maximum Gasteiger partial charge on any atom is 1.00 e. The molecule has 0 heterocycles. The fourth-order valence-electron chi connectivity index (χ4n) is 0.153. The third kappa shape index (κ3) is 41.7. The summed E-state index contributed by atoms with van der Waals surface area (Å²) in [7, 11) is 0. The fraction of sp³-hybridized carbons (Fsp3) is 0. The number of aliphatic carboxylic acids is 1. The zero-order valence-electron chi connectivity index (χ0n) is 7.71. The first-order valence-corrected chi connectivity index (χ1v) is 16.1. The Morgan fingerprint density at radius 3 is 1.69 bits per heavy atom. The van der Waals surface area contributed by atoms with Gasteiger partial charge in [-0.2, -0.15) is 0 Å². The molecule has 0 aliphatic heterocycles. The van der Waals surface area contributed by atoms with Gasteiger partial charge in [-0.1, -0.05) is 0 Å². The van der Waals surface area contributed by atoms with E-state index in [0.717, 1.165) is 6.08 Å². The van der Waals surface area contributed by atoms with Crippen molar-refractivity contribution < 1.29 is 71.3 Å². The average Bonchev–Trinajstić information content (AvgIpc) is 1.82. The molecular weight excluding hydrogens is 378 g/mol. The molecule has 0 unspecified atom stereocenters. The Morgan fingerprint density at radius 1 is 1.31 bits per heavy atom. The van der Waals surface area contributed by atoms with Crippen molar-refractivity contribution in [3.63, 3.8) is 0 Å². The van der Waals surface area contributed by atoms with Gasteiger partial charge < -0.3 is 12.3 Å². The average molecular weight is 384 g/mol. The molecule has 0 saturated heterocycles. The van der Waals surface area contributed by atoms with Gasteiger partial charge in [0.25, 0.3) is 0 Å². The summed E-state index contributed by atoms with van der Waals surface area (Å²) in [5.74, 6) is -1.93. The topological polar surface area (TPSA) is 80.4 Å². The van der Waals surface area contributed by atoms with E-state index < -0.39 is 37.5 Å². The molecule has 0 saturated carbocycles. The maximum atomic E-state index is 9.78. The van der Waals surface area contributed by atoms with Crippen LogP contribution in [0.4, 0.5) is 0 Å². The number of nitrogens with two attached hydrogens (primary N) is 1. The van der Waals surface area contributed by atoms with Gasteiger partial charge in [0.15, 0.2) is 0 Å². The second-order valence-corrected chi connectivity index (χ2v) is 17.3. The number of halogens is 3. The van der Waals surface area contributed by atoms with Crippen LogP contribution in [0.3, 0.4) is 0 Å². The summed E-state index contributed by atoms with van der Waals surface area (Å²) in [6.07, 6.45) is 1.46. The number of primary amides is 1. The molecule has 13 heavy (non-hydrogen) atoms. The summed E-state index contributed by atoms with van der Waals surface area (Å²) in [6, 6.07) is 0. The van der Waals surface area contributed by atoms with E-state index in [1.807, 2.05) is 0 Å². The van der Waals surface area contributed by atoms with E-state index in [0.29, 0.717) is 6.08 Å². The van der Waals surface area contributed by atoms with Gasteiger partial charge in [0.1, 0.15) is 0 Å². The summed E-state index contributed by atoms with van der Waals surface area (Å²) < 4.78 is 0. The minimum absolute atomic E-state index is 0. The Balaban J connectivity index is -0.0000000733. The molecule has 0 atom stereocenters. The first-order chi connectivity index (χ1) is 5.36. The largest absolute Gasteiger partial charge is 1.00 e. The fourth-order valence-corrected chi connectivity index (χ4v) is 0.153. The Hall–Kier alpha value is 1.74. The van der Waals surface area contributed by atoms with Crippen molar-refractivity contribution in [2.45, 2.75) is 0 Å². The maximum absolute atomic E-state index is 9.78. The van der Waals surface area contributed by atoms with Gasteiger partial charge >= 0.3 is 81.6 Å². The number of hydrogen-bond donors (Lipinski definition) is 2. The molecule has 0 spiro atoms. The van der Waals surface area contributed by atoms with Gasteiger partial charge in [-0.25, -0.2) is 4.79 Å². The van der Waals surface area contributed by atoms with E-state index in [2.05, 4.69) is 5.73 Å². The summed E-state index contributed by atoms with van der Waals surface area (Å²) in [5.41, 5.74) is 4.55. The van der Waals surface area contributed by atoms with Crippen LogP contribution in [-0.2, 0) is 9.59 Å². The number of carboxylic acids is 1. The number of amides is 1. The Labute approximate surface area is 119 Å². The second kappa shape index (κ2) is 13.7. The van der Waals surface area contributed by atoms with Gasteiger partial charge in [-0.15, -0.1) is 0 Å². The molecule has 0 aliphatic carbocycles. The van der Waals surface area contributed by atoms with Crippen LogP contribution in [0.15, 0.2) is 12.2 Å². The molecule has 0 radical (unpaired) electrons. The smallest absolute Gasteiger partial charge is 1.00 e. The van der Waals surface area contributed by atoms with Gasteiger partial charge in [-0.05, 0) is 0 Å². The monoisotopic (exact) mass is 383 g/mol. The molecular formula is C4H6Cl3LaNNaO3. The van der Waals surface area contributed by atoms with Crippen molar-refractivity contribution in [1.29, 1.82) is 0 Å². The van der Waals surface area contributed by atoms with E-state index in [4.69, 9.17) is 25.5 Å². The van der Waals surface area contributed by atoms with Crippen molar-refractivity contribution in [1.82, 2.24) is 0 Å². The zero-order valence-corrected chi connectivity index (χ0v) is 14.6. The van der Waals surface area contributed by atoms with Crippen LogP contribution in [0.2, 0.25) is 0 Å². The molecule has 0 bridgehead atoms. The Kier molecular flexibility index (Phi) is 21.4. The van der Waals surface area contributed by atoms with Gasteiger partial charge in [0.05, 0.1) is 0 Å². The van der Waals surface area contributed by atoms with E-state index >= 15 is 0 Å². The minimum Gasteiger partial charge on any atom is -1.00 e. The van der Waals surface area contributed by atoms with Crippen LogP contribution in [0.1, 0.15) is 1.43 Å². The number of hydrogen-bond acceptors (Lipinski definition) is 2. The second-order valence-electron chi connectivity index (χ2n) is 1.32. The van der Waals surface area contributed by atoms with Crippen molar-refractivity contribution >= 4 is 32.2 Å². The normalized spacial score (nSPS) is 7.92. The minimum atomic E-state index is -2.31. The Bertz CT molecular complexity index is 176. The molecule has 0 aromatic rings. The predicted octanol–water partition coefficient (Wildman–Crippen LogP) is -1.70. The van der Waals surface area contributed by atoms with Crippen molar-refractivity contribution in [3.05, 3.63) is 12.2 Å². The quantitative estimate of drug-likeness (QED) is 0.440. The van der Waals surface area contributed by atoms with Crippen LogP contribution in [0.25, 0.3) is 0 Å². The number of carboxylic acid groups (broad SMARTS) is 1. The summed E-state index contributed by atoms with van der Waals surface area (Å²) >= 11 is -2.31. The van der Waals surface area contributed by atoms with Gasteiger partial charge in [0, 0.05) is 12.2 Å². The Morgan fingerprint density at radius 2 is 1.62 bits per heavy atom. The first kappa shape index (κ1) is 20.2.